The number of nitrogens with one attached hydrogen (secondary N) is 2. The number of benzene rings is 1. The number of carbonyl (C=O) groups excluding carboxylic acids is 2. The molecule has 0 saturated carbocycles. The first kappa shape index (κ1) is 22.8. The number of ether oxygens (including phenoxy) is 1. The molecule has 0 radical (unpaired) electrons. The van der Waals surface area contributed by atoms with Gasteiger partial charge in [0.05, 0.1) is 23.0 Å². The second kappa shape index (κ2) is 10.1. The van der Waals surface area contributed by atoms with Crippen LogP contribution in [-0.2, 0) is 17.9 Å². The van der Waals surface area contributed by atoms with E-state index in [9.17, 15) is 9.59 Å². The Hall–Kier alpha value is -3.34. The van der Waals surface area contributed by atoms with Crippen molar-refractivity contribution >= 4 is 40.2 Å². The number of aryl methyl sites for hydroxylation is 2. The molecule has 3 aromatic heterocycles. The van der Waals surface area contributed by atoms with E-state index in [0.29, 0.717) is 40.2 Å². The van der Waals surface area contributed by atoms with Crippen molar-refractivity contribution in [2.45, 2.75) is 27.0 Å². The first-order valence-electron chi connectivity index (χ1n) is 10.1. The summed E-state index contributed by atoms with van der Waals surface area (Å²) in [5.41, 5.74) is 2.48. The average molecular weight is 483 g/mol. The minimum atomic E-state index is -0.247. The number of hydrogen-bond donors (Lipinski definition) is 2. The third-order valence-corrected chi connectivity index (χ3v) is 6.55. The van der Waals surface area contributed by atoms with E-state index in [1.807, 2.05) is 25.1 Å². The number of thiazole rings is 1. The lowest BCUT2D eigenvalue weighted by molar-refractivity contribution is 0.0945. The lowest BCUT2D eigenvalue weighted by atomic mass is 10.2. The summed E-state index contributed by atoms with van der Waals surface area (Å²) in [6, 6.07) is 10.9. The van der Waals surface area contributed by atoms with E-state index in [4.69, 9.17) is 9.15 Å². The minimum absolute atomic E-state index is 0.171. The summed E-state index contributed by atoms with van der Waals surface area (Å²) in [5, 5.41) is 8.27. The van der Waals surface area contributed by atoms with E-state index in [1.165, 1.54) is 22.7 Å². The molecule has 10 heteroatoms. The van der Waals surface area contributed by atoms with Gasteiger partial charge in [-0.25, -0.2) is 9.97 Å². The molecule has 0 aliphatic heterocycles. The van der Waals surface area contributed by atoms with Crippen molar-refractivity contribution < 1.29 is 18.7 Å². The Morgan fingerprint density at radius 1 is 1.06 bits per heavy atom. The fourth-order valence-corrected chi connectivity index (χ4v) is 4.51. The second-order valence-corrected chi connectivity index (χ2v) is 9.42. The zero-order chi connectivity index (χ0) is 23.4. The van der Waals surface area contributed by atoms with E-state index in [1.54, 1.807) is 37.6 Å². The molecule has 170 valence electrons. The van der Waals surface area contributed by atoms with Crippen LogP contribution in [0.3, 0.4) is 0 Å². The second-order valence-electron chi connectivity index (χ2n) is 7.19. The summed E-state index contributed by atoms with van der Waals surface area (Å²) in [6.45, 7) is 4.38. The van der Waals surface area contributed by atoms with Crippen LogP contribution in [0, 0.1) is 13.8 Å². The maximum absolute atomic E-state index is 12.5. The third-order valence-electron chi connectivity index (χ3n) is 4.72. The molecule has 0 fully saturated rings. The van der Waals surface area contributed by atoms with Crippen LogP contribution in [0.15, 0.2) is 46.2 Å². The molecule has 0 aliphatic carbocycles. The molecule has 0 bridgehead atoms. The van der Waals surface area contributed by atoms with Crippen LogP contribution < -0.4 is 10.6 Å². The van der Waals surface area contributed by atoms with Gasteiger partial charge in [0.25, 0.3) is 11.8 Å². The molecule has 1 aromatic carbocycles. The minimum Gasteiger partial charge on any atom is -0.441 e. The van der Waals surface area contributed by atoms with E-state index in [2.05, 4.69) is 20.6 Å². The fourth-order valence-electron chi connectivity index (χ4n) is 3.05. The van der Waals surface area contributed by atoms with Gasteiger partial charge < -0.3 is 19.8 Å². The van der Waals surface area contributed by atoms with Gasteiger partial charge in [-0.2, -0.15) is 0 Å². The van der Waals surface area contributed by atoms with Gasteiger partial charge in [0.15, 0.2) is 0 Å². The molecule has 2 amide bonds. The number of nitrogens with zero attached hydrogens (tertiary/aromatic N) is 2. The molecule has 3 heterocycles. The molecule has 33 heavy (non-hydrogen) atoms. The van der Waals surface area contributed by atoms with Gasteiger partial charge in [-0.15, -0.1) is 22.7 Å². The number of carbonyl (C=O) groups is 2. The summed E-state index contributed by atoms with van der Waals surface area (Å²) in [7, 11) is 1.62. The molecule has 2 N–H and O–H groups in total. The fraction of sp³-hybridized carbons (Fsp3) is 0.217. The standard InChI is InChI=1S/C23H22N4O4S2/c1-13-18(10-24-21(28)19-12-32-14(2)25-19)27-23(31-13)15-4-6-16(7-5-15)26-22(29)20-9-8-17(33-20)11-30-3/h4-9,12H,10-11H2,1-3H3,(H,24,28)(H,26,29). The Morgan fingerprint density at radius 2 is 1.85 bits per heavy atom. The Bertz CT molecular complexity index is 1270. The Balaban J connectivity index is 1.38. The van der Waals surface area contributed by atoms with Gasteiger partial charge in [0, 0.05) is 28.6 Å². The van der Waals surface area contributed by atoms with Crippen molar-refractivity contribution in [2.24, 2.45) is 0 Å². The van der Waals surface area contributed by atoms with Crippen molar-refractivity contribution in [1.82, 2.24) is 15.3 Å². The van der Waals surface area contributed by atoms with Gasteiger partial charge in [0.1, 0.15) is 17.1 Å². The number of rotatable bonds is 8. The number of aromatic nitrogens is 2. The van der Waals surface area contributed by atoms with Crippen molar-refractivity contribution in [2.75, 3.05) is 12.4 Å². The van der Waals surface area contributed by atoms with Gasteiger partial charge in [-0.05, 0) is 50.2 Å². The van der Waals surface area contributed by atoms with Crippen LogP contribution in [-0.4, -0.2) is 28.9 Å². The smallest absolute Gasteiger partial charge is 0.271 e. The molecule has 0 unspecified atom stereocenters. The molecule has 4 rings (SSSR count). The zero-order valence-electron chi connectivity index (χ0n) is 18.3. The lowest BCUT2D eigenvalue weighted by Gasteiger charge is -2.04. The molecular weight excluding hydrogens is 460 g/mol. The molecule has 0 aliphatic rings. The number of amides is 2. The predicted octanol–water partition coefficient (Wildman–Crippen LogP) is 4.81. The average Bonchev–Trinajstić information content (AvgIpc) is 3.53. The Labute approximate surface area is 198 Å². The quantitative estimate of drug-likeness (QED) is 0.373. The summed E-state index contributed by atoms with van der Waals surface area (Å²) < 4.78 is 10.9. The van der Waals surface area contributed by atoms with Crippen molar-refractivity contribution in [3.63, 3.8) is 0 Å². The van der Waals surface area contributed by atoms with Crippen LogP contribution in [0.25, 0.3) is 11.5 Å². The predicted molar refractivity (Wildman–Crippen MR) is 128 cm³/mol. The van der Waals surface area contributed by atoms with Gasteiger partial charge in [0.2, 0.25) is 5.89 Å². The normalized spacial score (nSPS) is 10.9. The molecule has 0 atom stereocenters. The summed E-state index contributed by atoms with van der Waals surface area (Å²) in [6.07, 6.45) is 0. The first-order chi connectivity index (χ1) is 15.9. The third kappa shape index (κ3) is 5.54. The lowest BCUT2D eigenvalue weighted by Crippen LogP contribution is -2.23. The van der Waals surface area contributed by atoms with Crippen LogP contribution in [0.1, 0.15) is 41.5 Å². The van der Waals surface area contributed by atoms with E-state index >= 15 is 0 Å². The van der Waals surface area contributed by atoms with Gasteiger partial charge in [-0.1, -0.05) is 0 Å². The van der Waals surface area contributed by atoms with Crippen molar-refractivity contribution in [1.29, 1.82) is 0 Å². The summed E-state index contributed by atoms with van der Waals surface area (Å²) >= 11 is 2.83. The maximum atomic E-state index is 12.5. The monoisotopic (exact) mass is 482 g/mol. The first-order valence-corrected chi connectivity index (χ1v) is 11.8. The van der Waals surface area contributed by atoms with Crippen LogP contribution in [0.5, 0.6) is 0 Å². The van der Waals surface area contributed by atoms with Crippen LogP contribution >= 0.6 is 22.7 Å². The maximum Gasteiger partial charge on any atom is 0.271 e. The summed E-state index contributed by atoms with van der Waals surface area (Å²) in [4.78, 5) is 35.0. The van der Waals surface area contributed by atoms with Crippen molar-refractivity contribution in [3.8, 4) is 11.5 Å². The van der Waals surface area contributed by atoms with Crippen molar-refractivity contribution in [3.05, 3.63) is 73.7 Å². The number of anilines is 1. The highest BCUT2D eigenvalue weighted by Crippen LogP contribution is 2.24. The number of thiophene rings is 1. The zero-order valence-corrected chi connectivity index (χ0v) is 19.9. The molecule has 4 aromatic rings. The molecular formula is C23H22N4O4S2. The molecule has 0 spiro atoms. The summed E-state index contributed by atoms with van der Waals surface area (Å²) in [5.74, 6) is 0.655. The van der Waals surface area contributed by atoms with E-state index in [0.717, 1.165) is 15.4 Å². The highest BCUT2D eigenvalue weighted by atomic mass is 32.1. The number of methoxy groups -OCH3 is 1. The number of oxazole rings is 1. The van der Waals surface area contributed by atoms with Gasteiger partial charge >= 0.3 is 0 Å². The van der Waals surface area contributed by atoms with E-state index < -0.39 is 0 Å². The van der Waals surface area contributed by atoms with Crippen LogP contribution in [0.4, 0.5) is 5.69 Å². The van der Waals surface area contributed by atoms with E-state index in [-0.39, 0.29) is 18.4 Å². The number of hydrogen-bond acceptors (Lipinski definition) is 8. The Kier molecular flexibility index (Phi) is 6.97. The molecule has 0 saturated heterocycles. The highest BCUT2D eigenvalue weighted by Gasteiger charge is 2.15. The SMILES string of the molecule is COCc1ccc(C(=O)Nc2ccc(-c3nc(CNC(=O)c4csc(C)n4)c(C)o3)cc2)s1. The Morgan fingerprint density at radius 3 is 2.55 bits per heavy atom. The largest absolute Gasteiger partial charge is 0.441 e. The highest BCUT2D eigenvalue weighted by molar-refractivity contribution is 7.14. The van der Waals surface area contributed by atoms with Crippen LogP contribution in [0.2, 0.25) is 0 Å². The molecule has 8 nitrogen and oxygen atoms in total. The topological polar surface area (TPSA) is 106 Å². The van der Waals surface area contributed by atoms with Gasteiger partial charge in [-0.3, -0.25) is 9.59 Å².